The molecule has 1 aromatic heterocycles. The van der Waals surface area contributed by atoms with Crippen molar-refractivity contribution in [3.05, 3.63) is 17.0 Å². The third-order valence-electron chi connectivity index (χ3n) is 3.78. The number of nitrogens with two attached hydrogens (primary N) is 1. The molecule has 0 aliphatic carbocycles. The van der Waals surface area contributed by atoms with E-state index in [1.807, 2.05) is 23.4 Å². The summed E-state index contributed by atoms with van der Waals surface area (Å²) in [4.78, 5) is 14.5. The maximum atomic E-state index is 12.6. The van der Waals surface area contributed by atoms with E-state index in [0.717, 1.165) is 49.3 Å². The Labute approximate surface area is 126 Å². The lowest BCUT2D eigenvalue weighted by Gasteiger charge is -2.30. The molecule has 1 aromatic rings. The number of piperidine rings is 1. The molecule has 0 bridgehead atoms. The van der Waals surface area contributed by atoms with Crippen LogP contribution in [0.15, 0.2) is 0 Å². The maximum absolute atomic E-state index is 12.6. The van der Waals surface area contributed by atoms with Gasteiger partial charge in [-0.1, -0.05) is 6.92 Å². The predicted octanol–water partition coefficient (Wildman–Crippen LogP) is 1.90. The molecule has 1 aliphatic heterocycles. The molecule has 1 aliphatic rings. The van der Waals surface area contributed by atoms with Crippen molar-refractivity contribution in [1.82, 2.24) is 14.7 Å². The maximum Gasteiger partial charge on any atom is 0.257 e. The summed E-state index contributed by atoms with van der Waals surface area (Å²) in [6.45, 7) is 8.34. The molecule has 1 atom stereocenters. The van der Waals surface area contributed by atoms with Crippen LogP contribution in [0.5, 0.6) is 0 Å². The first-order valence-corrected chi connectivity index (χ1v) is 7.13. The van der Waals surface area contributed by atoms with Crippen molar-refractivity contribution in [1.29, 1.82) is 0 Å². The van der Waals surface area contributed by atoms with Crippen LogP contribution in [0.25, 0.3) is 0 Å². The number of halogens is 1. The summed E-state index contributed by atoms with van der Waals surface area (Å²) in [6, 6.07) is 0.115. The van der Waals surface area contributed by atoms with E-state index in [4.69, 9.17) is 5.73 Å². The van der Waals surface area contributed by atoms with Crippen LogP contribution in [-0.2, 0) is 6.54 Å². The molecule has 0 spiro atoms. The second-order valence-electron chi connectivity index (χ2n) is 5.42. The van der Waals surface area contributed by atoms with E-state index in [1.54, 1.807) is 0 Å². The standard InChI is InChI=1S/C14H24N4O.ClH/c1-4-7-18-11(3)13(10(2)16-18)14(19)17-8-5-6-12(15)9-17;/h12H,4-9,15H2,1-3H3;1H. The van der Waals surface area contributed by atoms with Crippen molar-refractivity contribution in [3.63, 3.8) is 0 Å². The van der Waals surface area contributed by atoms with E-state index >= 15 is 0 Å². The SMILES string of the molecule is CCCn1nc(C)c(C(=O)N2CCCC(N)C2)c1C.Cl. The van der Waals surface area contributed by atoms with Gasteiger partial charge in [-0.3, -0.25) is 9.48 Å². The van der Waals surface area contributed by atoms with Crippen LogP contribution >= 0.6 is 12.4 Å². The number of hydrogen-bond donors (Lipinski definition) is 1. The Hall–Kier alpha value is -1.07. The van der Waals surface area contributed by atoms with Gasteiger partial charge in [0.15, 0.2) is 0 Å². The average molecular weight is 301 g/mol. The summed E-state index contributed by atoms with van der Waals surface area (Å²) in [6.07, 6.45) is 3.02. The Morgan fingerprint density at radius 2 is 2.15 bits per heavy atom. The molecular formula is C14H25ClN4O. The third kappa shape index (κ3) is 3.33. The van der Waals surface area contributed by atoms with Crippen molar-refractivity contribution in [3.8, 4) is 0 Å². The molecule has 2 N–H and O–H groups in total. The van der Waals surface area contributed by atoms with Gasteiger partial charge in [-0.15, -0.1) is 12.4 Å². The number of aromatic nitrogens is 2. The first kappa shape index (κ1) is 17.0. The van der Waals surface area contributed by atoms with Crippen LogP contribution in [0, 0.1) is 13.8 Å². The quantitative estimate of drug-likeness (QED) is 0.927. The zero-order valence-corrected chi connectivity index (χ0v) is 13.4. The molecular weight excluding hydrogens is 276 g/mol. The molecule has 1 saturated heterocycles. The van der Waals surface area contributed by atoms with Crippen molar-refractivity contribution in [2.24, 2.45) is 5.73 Å². The number of rotatable bonds is 3. The first-order valence-electron chi connectivity index (χ1n) is 7.13. The van der Waals surface area contributed by atoms with Crippen molar-refractivity contribution in [2.45, 2.75) is 52.6 Å². The highest BCUT2D eigenvalue weighted by Crippen LogP contribution is 2.18. The Morgan fingerprint density at radius 3 is 2.75 bits per heavy atom. The summed E-state index contributed by atoms with van der Waals surface area (Å²) in [5, 5.41) is 4.47. The van der Waals surface area contributed by atoms with Gasteiger partial charge in [-0.2, -0.15) is 5.10 Å². The molecule has 1 amide bonds. The molecule has 20 heavy (non-hydrogen) atoms. The fourth-order valence-corrected chi connectivity index (χ4v) is 2.79. The van der Waals surface area contributed by atoms with Gasteiger partial charge >= 0.3 is 0 Å². The first-order chi connectivity index (χ1) is 9.04. The van der Waals surface area contributed by atoms with Crippen LogP contribution in [-0.4, -0.2) is 39.7 Å². The normalized spacial score (nSPS) is 18.8. The van der Waals surface area contributed by atoms with E-state index in [9.17, 15) is 4.79 Å². The lowest BCUT2D eigenvalue weighted by Crippen LogP contribution is -2.46. The number of amides is 1. The topological polar surface area (TPSA) is 64.2 Å². The predicted molar refractivity (Wildman–Crippen MR) is 82.4 cm³/mol. The van der Waals surface area contributed by atoms with E-state index in [0.29, 0.717) is 6.54 Å². The van der Waals surface area contributed by atoms with Gasteiger partial charge < -0.3 is 10.6 Å². The Balaban J connectivity index is 0.00000200. The number of carbonyl (C=O) groups is 1. The number of carbonyl (C=O) groups excluding carboxylic acids is 1. The zero-order chi connectivity index (χ0) is 14.0. The molecule has 5 nitrogen and oxygen atoms in total. The monoisotopic (exact) mass is 300 g/mol. The largest absolute Gasteiger partial charge is 0.337 e. The summed E-state index contributed by atoms with van der Waals surface area (Å²) in [5.74, 6) is 0.0903. The van der Waals surface area contributed by atoms with Crippen molar-refractivity contribution >= 4 is 18.3 Å². The van der Waals surface area contributed by atoms with Gasteiger partial charge in [0.25, 0.3) is 5.91 Å². The second kappa shape index (κ2) is 7.09. The van der Waals surface area contributed by atoms with Crippen molar-refractivity contribution in [2.75, 3.05) is 13.1 Å². The zero-order valence-electron chi connectivity index (χ0n) is 12.6. The van der Waals surface area contributed by atoms with Crippen molar-refractivity contribution < 1.29 is 4.79 Å². The summed E-state index contributed by atoms with van der Waals surface area (Å²) in [7, 11) is 0. The molecule has 114 valence electrons. The molecule has 0 radical (unpaired) electrons. The van der Waals surface area contributed by atoms with E-state index in [-0.39, 0.29) is 24.4 Å². The number of hydrogen-bond acceptors (Lipinski definition) is 3. The van der Waals surface area contributed by atoms with Crippen LogP contribution in [0.3, 0.4) is 0 Å². The van der Waals surface area contributed by atoms with E-state index in [2.05, 4.69) is 12.0 Å². The summed E-state index contributed by atoms with van der Waals surface area (Å²) < 4.78 is 1.94. The fraction of sp³-hybridized carbons (Fsp3) is 0.714. The van der Waals surface area contributed by atoms with Gasteiger partial charge in [0.2, 0.25) is 0 Å². The second-order valence-corrected chi connectivity index (χ2v) is 5.42. The molecule has 2 heterocycles. The number of aryl methyl sites for hydroxylation is 2. The van der Waals surface area contributed by atoms with Gasteiger partial charge in [0, 0.05) is 31.4 Å². The highest BCUT2D eigenvalue weighted by molar-refractivity contribution is 5.96. The van der Waals surface area contributed by atoms with E-state index < -0.39 is 0 Å². The fourth-order valence-electron chi connectivity index (χ4n) is 2.79. The van der Waals surface area contributed by atoms with Crippen LogP contribution in [0.4, 0.5) is 0 Å². The lowest BCUT2D eigenvalue weighted by atomic mass is 10.0. The van der Waals surface area contributed by atoms with Gasteiger partial charge in [-0.25, -0.2) is 0 Å². The summed E-state index contributed by atoms with van der Waals surface area (Å²) in [5.41, 5.74) is 8.53. The molecule has 1 fully saturated rings. The molecule has 6 heteroatoms. The van der Waals surface area contributed by atoms with Gasteiger partial charge in [0.1, 0.15) is 0 Å². The minimum Gasteiger partial charge on any atom is -0.337 e. The Bertz CT molecular complexity index is 472. The number of nitrogens with zero attached hydrogens (tertiary/aromatic N) is 3. The third-order valence-corrected chi connectivity index (χ3v) is 3.78. The summed E-state index contributed by atoms with van der Waals surface area (Å²) >= 11 is 0. The smallest absolute Gasteiger partial charge is 0.257 e. The Kier molecular flexibility index (Phi) is 6.02. The molecule has 1 unspecified atom stereocenters. The minimum atomic E-state index is 0. The highest BCUT2D eigenvalue weighted by atomic mass is 35.5. The van der Waals surface area contributed by atoms with Crippen LogP contribution in [0.2, 0.25) is 0 Å². The molecule has 0 aromatic carbocycles. The highest BCUT2D eigenvalue weighted by Gasteiger charge is 2.26. The minimum absolute atomic E-state index is 0. The Morgan fingerprint density at radius 1 is 1.45 bits per heavy atom. The van der Waals surface area contributed by atoms with Crippen LogP contribution in [0.1, 0.15) is 47.9 Å². The van der Waals surface area contributed by atoms with E-state index in [1.165, 1.54) is 0 Å². The van der Waals surface area contributed by atoms with Gasteiger partial charge in [-0.05, 0) is 33.1 Å². The van der Waals surface area contributed by atoms with Gasteiger partial charge in [0.05, 0.1) is 11.3 Å². The average Bonchev–Trinajstić information content (AvgIpc) is 2.64. The molecule has 2 rings (SSSR count). The lowest BCUT2D eigenvalue weighted by molar-refractivity contribution is 0.0707. The van der Waals surface area contributed by atoms with Crippen LogP contribution < -0.4 is 5.73 Å². The number of likely N-dealkylation sites (tertiary alicyclic amines) is 1. The molecule has 0 saturated carbocycles.